The van der Waals surface area contributed by atoms with Crippen LogP contribution in [0.3, 0.4) is 0 Å². The van der Waals surface area contributed by atoms with Crippen LogP contribution in [0.5, 0.6) is 0 Å². The Bertz CT molecular complexity index is 323. The molecule has 0 unspecified atom stereocenters. The molecule has 0 amide bonds. The van der Waals surface area contributed by atoms with Crippen molar-refractivity contribution in [3.8, 4) is 0 Å². The van der Waals surface area contributed by atoms with Crippen LogP contribution in [0.15, 0.2) is 12.4 Å². The van der Waals surface area contributed by atoms with E-state index in [0.717, 1.165) is 25.7 Å². The van der Waals surface area contributed by atoms with E-state index in [1.807, 2.05) is 0 Å². The van der Waals surface area contributed by atoms with Crippen LogP contribution in [0.1, 0.15) is 19.8 Å². The van der Waals surface area contributed by atoms with E-state index in [2.05, 4.69) is 27.1 Å². The van der Waals surface area contributed by atoms with Crippen LogP contribution < -0.4 is 5.32 Å². The second-order valence-corrected chi connectivity index (χ2v) is 4.45. The van der Waals surface area contributed by atoms with Crippen LogP contribution >= 0.6 is 11.6 Å². The molecule has 0 bridgehead atoms. The summed E-state index contributed by atoms with van der Waals surface area (Å²) >= 11 is 5.71. The van der Waals surface area contributed by atoms with Gasteiger partial charge in [-0.25, -0.2) is 9.97 Å². The zero-order valence-corrected chi connectivity index (χ0v) is 10.2. The van der Waals surface area contributed by atoms with E-state index in [4.69, 9.17) is 11.6 Å². The molecule has 88 valence electrons. The molecule has 0 spiro atoms. The predicted molar refractivity (Wildman–Crippen MR) is 65.8 cm³/mol. The molecule has 1 aromatic heterocycles. The molecule has 1 aliphatic carbocycles. The number of likely N-dealkylation sites (N-methyl/N-ethyl adjacent to an activating group) is 1. The van der Waals surface area contributed by atoms with Crippen LogP contribution in [0.25, 0.3) is 0 Å². The highest BCUT2D eigenvalue weighted by Crippen LogP contribution is 2.25. The first-order valence-electron chi connectivity index (χ1n) is 5.75. The molecule has 1 saturated carbocycles. The van der Waals surface area contributed by atoms with Crippen molar-refractivity contribution in [1.29, 1.82) is 0 Å². The molecule has 1 aliphatic rings. The minimum Gasteiger partial charge on any atom is -0.353 e. The molecule has 4 nitrogen and oxygen atoms in total. The van der Waals surface area contributed by atoms with E-state index >= 15 is 0 Å². The van der Waals surface area contributed by atoms with Crippen LogP contribution in [0, 0.1) is 0 Å². The van der Waals surface area contributed by atoms with E-state index in [0.29, 0.717) is 11.0 Å². The molecule has 1 N–H and O–H groups in total. The minimum atomic E-state index is 0.568. The average Bonchev–Trinajstić information content (AvgIpc) is 3.11. The van der Waals surface area contributed by atoms with E-state index in [-0.39, 0.29) is 0 Å². The third-order valence-electron chi connectivity index (χ3n) is 2.77. The fraction of sp³-hybridized carbons (Fsp3) is 0.636. The monoisotopic (exact) mass is 240 g/mol. The largest absolute Gasteiger partial charge is 0.353 e. The molecule has 1 fully saturated rings. The third-order valence-corrected chi connectivity index (χ3v) is 2.97. The van der Waals surface area contributed by atoms with Crippen molar-refractivity contribution in [2.45, 2.75) is 25.8 Å². The Balaban J connectivity index is 1.72. The summed E-state index contributed by atoms with van der Waals surface area (Å²) in [7, 11) is 0. The Hall–Kier alpha value is -0.870. The number of nitrogens with zero attached hydrogens (tertiary/aromatic N) is 3. The average molecular weight is 241 g/mol. The maximum Gasteiger partial charge on any atom is 0.222 e. The van der Waals surface area contributed by atoms with Gasteiger partial charge in [-0.15, -0.1) is 0 Å². The van der Waals surface area contributed by atoms with Gasteiger partial charge in [-0.05, 0) is 19.4 Å². The van der Waals surface area contributed by atoms with Crippen molar-refractivity contribution in [3.63, 3.8) is 0 Å². The molecule has 1 aromatic rings. The summed E-state index contributed by atoms with van der Waals surface area (Å²) in [5, 5.41) is 3.77. The van der Waals surface area contributed by atoms with Crippen molar-refractivity contribution in [2.75, 3.05) is 25.0 Å². The highest BCUT2D eigenvalue weighted by Gasteiger charge is 2.27. The number of rotatable bonds is 6. The number of aromatic nitrogens is 2. The van der Waals surface area contributed by atoms with Gasteiger partial charge in [0.15, 0.2) is 0 Å². The molecule has 5 heteroatoms. The Morgan fingerprint density at radius 1 is 1.44 bits per heavy atom. The summed E-state index contributed by atoms with van der Waals surface area (Å²) in [5.74, 6) is 0.649. The lowest BCUT2D eigenvalue weighted by Gasteiger charge is -2.19. The first-order valence-corrected chi connectivity index (χ1v) is 6.13. The van der Waals surface area contributed by atoms with Gasteiger partial charge in [0.2, 0.25) is 5.95 Å². The molecule has 0 saturated heterocycles. The zero-order valence-electron chi connectivity index (χ0n) is 9.49. The smallest absolute Gasteiger partial charge is 0.222 e. The number of hydrogen-bond donors (Lipinski definition) is 1. The fourth-order valence-corrected chi connectivity index (χ4v) is 1.85. The van der Waals surface area contributed by atoms with Gasteiger partial charge in [-0.3, -0.25) is 4.90 Å². The Morgan fingerprint density at radius 3 is 2.69 bits per heavy atom. The molecule has 0 aromatic carbocycles. The SMILES string of the molecule is CCN(CCNc1ncc(Cl)cn1)C1CC1. The second kappa shape index (κ2) is 5.46. The highest BCUT2D eigenvalue weighted by atomic mass is 35.5. The first-order chi connectivity index (χ1) is 7.79. The molecule has 0 atom stereocenters. The van der Waals surface area contributed by atoms with Gasteiger partial charge < -0.3 is 5.32 Å². The normalized spacial score (nSPS) is 15.4. The topological polar surface area (TPSA) is 41.0 Å². The quantitative estimate of drug-likeness (QED) is 0.826. The molecular formula is C11H17ClN4. The lowest BCUT2D eigenvalue weighted by Crippen LogP contribution is -2.31. The van der Waals surface area contributed by atoms with Gasteiger partial charge in [-0.2, -0.15) is 0 Å². The van der Waals surface area contributed by atoms with Crippen molar-refractivity contribution in [3.05, 3.63) is 17.4 Å². The summed E-state index contributed by atoms with van der Waals surface area (Å²) in [6, 6.07) is 0.818. The zero-order chi connectivity index (χ0) is 11.4. The Labute approximate surface area is 101 Å². The summed E-state index contributed by atoms with van der Waals surface area (Å²) in [4.78, 5) is 10.7. The van der Waals surface area contributed by atoms with Crippen molar-refractivity contribution >= 4 is 17.5 Å². The van der Waals surface area contributed by atoms with E-state index in [9.17, 15) is 0 Å². The molecule has 0 aliphatic heterocycles. The van der Waals surface area contributed by atoms with Gasteiger partial charge >= 0.3 is 0 Å². The third kappa shape index (κ3) is 3.32. The number of anilines is 1. The number of halogens is 1. The molecular weight excluding hydrogens is 224 g/mol. The lowest BCUT2D eigenvalue weighted by atomic mass is 10.4. The van der Waals surface area contributed by atoms with E-state index < -0.39 is 0 Å². The predicted octanol–water partition coefficient (Wildman–Crippen LogP) is 2.03. The second-order valence-electron chi connectivity index (χ2n) is 4.01. The lowest BCUT2D eigenvalue weighted by molar-refractivity contribution is 0.289. The van der Waals surface area contributed by atoms with Crippen LogP contribution in [-0.2, 0) is 0 Å². The standard InChI is InChI=1S/C11H17ClN4/c1-2-16(10-3-4-10)6-5-13-11-14-7-9(12)8-15-11/h7-8,10H,2-6H2,1H3,(H,13,14,15). The van der Waals surface area contributed by atoms with Crippen LogP contribution in [0.2, 0.25) is 5.02 Å². The van der Waals surface area contributed by atoms with Gasteiger partial charge in [0.1, 0.15) is 0 Å². The first kappa shape index (κ1) is 11.6. The maximum absolute atomic E-state index is 5.71. The summed E-state index contributed by atoms with van der Waals surface area (Å²) < 4.78 is 0. The van der Waals surface area contributed by atoms with Crippen LogP contribution in [-0.4, -0.2) is 40.5 Å². The van der Waals surface area contributed by atoms with E-state index in [1.54, 1.807) is 12.4 Å². The highest BCUT2D eigenvalue weighted by molar-refractivity contribution is 6.30. The van der Waals surface area contributed by atoms with E-state index in [1.165, 1.54) is 12.8 Å². The number of hydrogen-bond acceptors (Lipinski definition) is 4. The van der Waals surface area contributed by atoms with Gasteiger partial charge in [0, 0.05) is 19.1 Å². The Morgan fingerprint density at radius 2 is 2.12 bits per heavy atom. The number of nitrogens with one attached hydrogen (secondary N) is 1. The maximum atomic E-state index is 5.71. The fourth-order valence-electron chi connectivity index (χ4n) is 1.75. The molecule has 2 rings (SSSR count). The van der Waals surface area contributed by atoms with Crippen LogP contribution in [0.4, 0.5) is 5.95 Å². The van der Waals surface area contributed by atoms with Gasteiger partial charge in [-0.1, -0.05) is 18.5 Å². The molecule has 16 heavy (non-hydrogen) atoms. The molecule has 1 heterocycles. The summed E-state index contributed by atoms with van der Waals surface area (Å²) in [5.41, 5.74) is 0. The minimum absolute atomic E-state index is 0.568. The Kier molecular flexibility index (Phi) is 3.96. The molecule has 0 radical (unpaired) electrons. The van der Waals surface area contributed by atoms with Crippen molar-refractivity contribution in [2.24, 2.45) is 0 Å². The van der Waals surface area contributed by atoms with Gasteiger partial charge in [0.05, 0.1) is 17.4 Å². The van der Waals surface area contributed by atoms with Crippen molar-refractivity contribution < 1.29 is 0 Å². The van der Waals surface area contributed by atoms with Crippen molar-refractivity contribution in [1.82, 2.24) is 14.9 Å². The summed E-state index contributed by atoms with van der Waals surface area (Å²) in [6.07, 6.45) is 5.92. The van der Waals surface area contributed by atoms with Gasteiger partial charge in [0.25, 0.3) is 0 Å². The summed E-state index contributed by atoms with van der Waals surface area (Å²) in [6.45, 7) is 5.25.